The fraction of sp³-hybridized carbons (Fsp3) is 0.226. The van der Waals surface area contributed by atoms with E-state index in [2.05, 4.69) is 25.0 Å². The predicted octanol–water partition coefficient (Wildman–Crippen LogP) is 6.72. The van der Waals surface area contributed by atoms with Crippen LogP contribution in [0.5, 0.6) is 11.5 Å². The number of alkyl halides is 6. The van der Waals surface area contributed by atoms with Crippen LogP contribution in [0.3, 0.4) is 0 Å². The van der Waals surface area contributed by atoms with E-state index in [4.69, 9.17) is 4.42 Å². The van der Waals surface area contributed by atoms with Crippen LogP contribution in [-0.2, 0) is 14.1 Å². The van der Waals surface area contributed by atoms with Crippen molar-refractivity contribution in [1.29, 1.82) is 0 Å². The summed E-state index contributed by atoms with van der Waals surface area (Å²) in [7, 11) is 3.39. The summed E-state index contributed by atoms with van der Waals surface area (Å²) >= 11 is 0. The van der Waals surface area contributed by atoms with Crippen LogP contribution < -0.4 is 26.0 Å². The maximum absolute atomic E-state index is 13.3. The van der Waals surface area contributed by atoms with Gasteiger partial charge in [0.2, 0.25) is 0 Å². The van der Waals surface area contributed by atoms with Crippen molar-refractivity contribution in [3.63, 3.8) is 0 Å². The number of nitrogens with zero attached hydrogens (tertiary/aromatic N) is 5. The Hall–Kier alpha value is -5.74. The van der Waals surface area contributed by atoms with Gasteiger partial charge in [0.25, 0.3) is 5.56 Å². The SMILES string of the molecule is Cc1cc(=O)oc2c1c(=O)n(-c1ccc(OC(F)(F)F)cc1)c1c2c(C)nn1C.Cc1cc(Nc2ccc(OC(F)(F)F)cc2)n(C)n1. The molecule has 4 aromatic heterocycles. The lowest BCUT2D eigenvalue weighted by Crippen LogP contribution is -2.22. The highest BCUT2D eigenvalue weighted by Gasteiger charge is 2.32. The maximum atomic E-state index is 13.3. The van der Waals surface area contributed by atoms with E-state index in [-0.39, 0.29) is 16.7 Å². The van der Waals surface area contributed by atoms with E-state index in [1.165, 1.54) is 51.7 Å². The Morgan fingerprint density at radius 3 is 1.83 bits per heavy atom. The van der Waals surface area contributed by atoms with Crippen molar-refractivity contribution < 1.29 is 40.2 Å². The summed E-state index contributed by atoms with van der Waals surface area (Å²) < 4.78 is 90.7. The molecule has 48 heavy (non-hydrogen) atoms. The van der Waals surface area contributed by atoms with Crippen LogP contribution in [0.4, 0.5) is 37.8 Å². The molecule has 0 saturated carbocycles. The Morgan fingerprint density at radius 2 is 1.31 bits per heavy atom. The molecule has 2 aromatic carbocycles. The highest BCUT2D eigenvalue weighted by Crippen LogP contribution is 2.30. The van der Waals surface area contributed by atoms with Crippen LogP contribution in [0.25, 0.3) is 27.7 Å². The third-order valence-electron chi connectivity index (χ3n) is 6.90. The molecule has 252 valence electrons. The molecule has 0 amide bonds. The summed E-state index contributed by atoms with van der Waals surface area (Å²) in [4.78, 5) is 25.2. The number of pyridine rings is 1. The molecule has 0 bridgehead atoms. The number of fused-ring (bicyclic) bond motifs is 3. The van der Waals surface area contributed by atoms with Crippen molar-refractivity contribution in [2.24, 2.45) is 14.1 Å². The lowest BCUT2D eigenvalue weighted by Gasteiger charge is -2.13. The fourth-order valence-electron chi connectivity index (χ4n) is 5.08. The molecule has 0 aliphatic rings. The van der Waals surface area contributed by atoms with Gasteiger partial charge >= 0.3 is 18.4 Å². The van der Waals surface area contributed by atoms with Crippen molar-refractivity contribution in [2.45, 2.75) is 33.5 Å². The number of halogens is 6. The third kappa shape index (κ3) is 7.29. The number of aryl methyl sites for hydroxylation is 5. The standard InChI is InChI=1S/C19H14F3N3O4.C12H12F3N3O/c1-9-8-13(26)28-16-14(9)18(27)25(17-15(16)10(2)23-24(17)3)11-4-6-12(7-5-11)29-19(20,21)22;1-8-7-11(18(2)17-8)16-9-3-5-10(6-4-9)19-12(13,14)15/h4-8H,1-3H3;3-7,16H,1-2H3. The van der Waals surface area contributed by atoms with Crippen LogP contribution >= 0.6 is 0 Å². The van der Waals surface area contributed by atoms with Crippen molar-refractivity contribution in [3.05, 3.63) is 98.4 Å². The first-order valence-electron chi connectivity index (χ1n) is 13.9. The smallest absolute Gasteiger partial charge is 0.422 e. The second-order valence-electron chi connectivity index (χ2n) is 10.5. The van der Waals surface area contributed by atoms with Crippen molar-refractivity contribution in [2.75, 3.05) is 5.32 Å². The summed E-state index contributed by atoms with van der Waals surface area (Å²) in [6, 6.07) is 13.5. The summed E-state index contributed by atoms with van der Waals surface area (Å²) in [6.45, 7) is 5.17. The average Bonchev–Trinajstić information content (AvgIpc) is 3.44. The molecule has 0 unspecified atom stereocenters. The molecular weight excluding hydrogens is 650 g/mol. The van der Waals surface area contributed by atoms with E-state index in [1.54, 1.807) is 32.6 Å². The zero-order valence-electron chi connectivity index (χ0n) is 25.8. The molecule has 0 fully saturated rings. The summed E-state index contributed by atoms with van der Waals surface area (Å²) in [5, 5.41) is 12.2. The van der Waals surface area contributed by atoms with Gasteiger partial charge < -0.3 is 19.2 Å². The number of nitrogens with one attached hydrogen (secondary N) is 1. The van der Waals surface area contributed by atoms with Gasteiger partial charge in [-0.1, -0.05) is 0 Å². The topological polar surface area (TPSA) is 118 Å². The van der Waals surface area contributed by atoms with Gasteiger partial charge in [0.05, 0.1) is 27.8 Å². The van der Waals surface area contributed by atoms with Crippen LogP contribution in [0.15, 0.2) is 74.7 Å². The molecule has 0 aliphatic heterocycles. The molecule has 0 aliphatic carbocycles. The molecule has 0 atom stereocenters. The van der Waals surface area contributed by atoms with E-state index in [0.29, 0.717) is 33.7 Å². The molecule has 0 radical (unpaired) electrons. The number of benzene rings is 2. The largest absolute Gasteiger partial charge is 0.573 e. The van der Waals surface area contributed by atoms with Crippen LogP contribution in [0.2, 0.25) is 0 Å². The van der Waals surface area contributed by atoms with Gasteiger partial charge in [0.15, 0.2) is 5.58 Å². The molecule has 0 saturated heterocycles. The molecule has 6 rings (SSSR count). The van der Waals surface area contributed by atoms with Crippen LogP contribution in [0.1, 0.15) is 17.0 Å². The van der Waals surface area contributed by atoms with Gasteiger partial charge in [-0.05, 0) is 74.9 Å². The fourth-order valence-corrected chi connectivity index (χ4v) is 5.08. The Balaban J connectivity index is 0.000000206. The third-order valence-corrected chi connectivity index (χ3v) is 6.90. The summed E-state index contributed by atoms with van der Waals surface area (Å²) in [6.07, 6.45) is -9.49. The maximum Gasteiger partial charge on any atom is 0.573 e. The van der Waals surface area contributed by atoms with Gasteiger partial charge in [-0.15, -0.1) is 26.3 Å². The number of rotatable bonds is 5. The lowest BCUT2D eigenvalue weighted by molar-refractivity contribution is -0.275. The summed E-state index contributed by atoms with van der Waals surface area (Å²) in [5.41, 5.74) is 2.17. The normalized spacial score (nSPS) is 11.8. The molecule has 0 spiro atoms. The number of anilines is 2. The van der Waals surface area contributed by atoms with E-state index >= 15 is 0 Å². The average molecular weight is 677 g/mol. The quantitative estimate of drug-likeness (QED) is 0.200. The zero-order chi connectivity index (χ0) is 35.1. The number of hydrogen-bond acceptors (Lipinski definition) is 8. The van der Waals surface area contributed by atoms with Gasteiger partial charge in [0.1, 0.15) is 23.0 Å². The van der Waals surface area contributed by atoms with Gasteiger partial charge in [0, 0.05) is 31.9 Å². The van der Waals surface area contributed by atoms with E-state index < -0.39 is 29.7 Å². The minimum Gasteiger partial charge on any atom is -0.422 e. The van der Waals surface area contributed by atoms with Gasteiger partial charge in [-0.25, -0.2) is 4.79 Å². The van der Waals surface area contributed by atoms with Gasteiger partial charge in [-0.2, -0.15) is 10.2 Å². The van der Waals surface area contributed by atoms with E-state index in [0.717, 1.165) is 23.6 Å². The van der Waals surface area contributed by atoms with E-state index in [1.807, 2.05) is 13.0 Å². The first kappa shape index (κ1) is 33.6. The van der Waals surface area contributed by atoms with Gasteiger partial charge in [-0.3, -0.25) is 18.7 Å². The number of ether oxygens (including phenoxy) is 2. The van der Waals surface area contributed by atoms with Crippen molar-refractivity contribution in [3.8, 4) is 17.2 Å². The monoisotopic (exact) mass is 676 g/mol. The molecule has 1 N–H and O–H groups in total. The first-order valence-corrected chi connectivity index (χ1v) is 13.9. The minimum atomic E-state index is -4.82. The number of aromatic nitrogens is 5. The first-order chi connectivity index (χ1) is 22.4. The Morgan fingerprint density at radius 1 is 0.750 bits per heavy atom. The van der Waals surface area contributed by atoms with Crippen molar-refractivity contribution >= 4 is 33.5 Å². The highest BCUT2D eigenvalue weighted by atomic mass is 19.4. The molecule has 11 nitrogen and oxygen atoms in total. The Labute approximate surface area is 266 Å². The molecular formula is C31H26F6N6O5. The minimum absolute atomic E-state index is 0.133. The number of hydrogen-bond donors (Lipinski definition) is 1. The second-order valence-corrected chi connectivity index (χ2v) is 10.5. The molecule has 17 heteroatoms. The predicted molar refractivity (Wildman–Crippen MR) is 163 cm³/mol. The lowest BCUT2D eigenvalue weighted by atomic mass is 10.1. The van der Waals surface area contributed by atoms with Crippen LogP contribution in [-0.4, -0.2) is 36.9 Å². The summed E-state index contributed by atoms with van der Waals surface area (Å²) in [5.74, 6) is 0.0934. The molecule has 6 aromatic rings. The zero-order valence-corrected chi connectivity index (χ0v) is 25.8. The van der Waals surface area contributed by atoms with Crippen molar-refractivity contribution in [1.82, 2.24) is 24.1 Å². The Kier molecular flexibility index (Phi) is 8.73. The Bertz CT molecular complexity index is 2230. The van der Waals surface area contributed by atoms with Crippen LogP contribution in [0, 0.1) is 20.8 Å². The molecule has 4 heterocycles. The second kappa shape index (κ2) is 12.5. The highest BCUT2D eigenvalue weighted by molar-refractivity contribution is 6.03. The van der Waals surface area contributed by atoms with E-state index in [9.17, 15) is 35.9 Å².